The van der Waals surface area contributed by atoms with Gasteiger partial charge in [0, 0.05) is 115 Å². The van der Waals surface area contributed by atoms with Crippen LogP contribution in [-0.2, 0) is 78.1 Å². The number of amides is 4. The van der Waals surface area contributed by atoms with E-state index in [2.05, 4.69) is 244 Å². The van der Waals surface area contributed by atoms with E-state index >= 15 is 0 Å². The summed E-state index contributed by atoms with van der Waals surface area (Å²) in [6.45, 7) is 29.7. The number of aromatic nitrogens is 15. The van der Waals surface area contributed by atoms with Gasteiger partial charge in [-0.15, -0.1) is 27.8 Å². The van der Waals surface area contributed by atoms with Crippen LogP contribution in [0.4, 0.5) is 23.3 Å². The zero-order chi connectivity index (χ0) is 91.4. The predicted octanol–water partition coefficient (Wildman–Crippen LogP) is 21.8. The quantitative estimate of drug-likeness (QED) is 0.0647. The van der Waals surface area contributed by atoms with Gasteiger partial charge in [0.2, 0.25) is 23.6 Å². The summed E-state index contributed by atoms with van der Waals surface area (Å²) in [5.41, 5.74) is 26.9. The number of fused-ring (bicyclic) bond motifs is 4. The average Bonchev–Trinajstić information content (AvgIpc) is 1.66. The normalized spacial score (nSPS) is 13.2. The lowest BCUT2D eigenvalue weighted by molar-refractivity contribution is -0.118. The minimum atomic E-state index is 0.0449. The van der Waals surface area contributed by atoms with Crippen LogP contribution in [0.3, 0.4) is 0 Å². The first-order chi connectivity index (χ1) is 63.3. The van der Waals surface area contributed by atoms with Crippen molar-refractivity contribution in [1.82, 2.24) is 74.6 Å². The van der Waals surface area contributed by atoms with Crippen molar-refractivity contribution >= 4 is 69.6 Å². The number of hydrogen-bond donors (Lipinski definition) is 0. The van der Waals surface area contributed by atoms with Crippen LogP contribution in [0, 0.1) is 20.8 Å². The highest BCUT2D eigenvalue weighted by Crippen LogP contribution is 2.41. The van der Waals surface area contributed by atoms with Crippen LogP contribution in [0.2, 0.25) is 0 Å². The minimum absolute atomic E-state index is 0.0449. The van der Waals surface area contributed by atoms with Crippen molar-refractivity contribution in [2.24, 2.45) is 7.05 Å². The smallest absolute Gasteiger partial charge is 0.233 e. The van der Waals surface area contributed by atoms with Crippen molar-refractivity contribution in [3.05, 3.63) is 324 Å². The Kier molecular flexibility index (Phi) is 26.0. The molecule has 0 fully saturated rings. The molecule has 0 saturated heterocycles. The van der Waals surface area contributed by atoms with Gasteiger partial charge in [0.1, 0.15) is 23.3 Å². The Balaban J connectivity index is 0.000000122. The summed E-state index contributed by atoms with van der Waals surface area (Å²) in [5, 5.41) is 13.4. The standard InChI is InChI=1S/C28H29N5O.C27H26N4OS.C26H24N4OS.C25H24N6O/c1-18(2)23-7-5-6-8-24(23)27-29-16-22-15-26(34)32(28(22)31-27)17-20-9-11-21(12-10-20)25-13-14-30-33(25)19(3)4;1-16(2)22-7-5-6-8-23(22)26-28-14-21-13-24(32)31(27(21)30-26)15-19-9-11-20(12-10-19)25-17(3)33-18(4)29-25;1-16(2)21-6-4-5-7-22(21)25-27-13-20-12-23(31)30(26(20)29-25)14-18-8-10-19(11-9-18)24-17(3)32-15-28-24;1-16(2)20-6-4-5-7-21(20)24-26-13-19-12-23(32)31(25(19)28-24)15-17-8-10-18(11-9-17)22-14-27-29-30(22)3/h5-14,16,18-19H,15,17H2,1-4H3;5-12,14,16H,13,15H2,1-4H3;4-11,13,15-16H,12,14H2,1-3H3;4-11,13-14,16H,12,15H2,1-3H3. The van der Waals surface area contributed by atoms with Crippen molar-refractivity contribution in [3.8, 4) is 90.6 Å². The summed E-state index contributed by atoms with van der Waals surface area (Å²) >= 11 is 3.36. The first-order valence-corrected chi connectivity index (χ1v) is 46.2. The zero-order valence-electron chi connectivity index (χ0n) is 76.1. The van der Waals surface area contributed by atoms with E-state index in [9.17, 15) is 19.2 Å². The summed E-state index contributed by atoms with van der Waals surface area (Å²) in [6.07, 6.45) is 12.2. The summed E-state index contributed by atoms with van der Waals surface area (Å²) in [4.78, 5) is 108. The lowest BCUT2D eigenvalue weighted by Crippen LogP contribution is -2.26. The fourth-order valence-corrected chi connectivity index (χ4v) is 18.7. The molecule has 8 aromatic heterocycles. The van der Waals surface area contributed by atoms with Gasteiger partial charge in [0.25, 0.3) is 0 Å². The molecule has 0 aliphatic carbocycles. The molecule has 0 atom stereocenters. The van der Waals surface area contributed by atoms with Crippen LogP contribution in [0.15, 0.2) is 243 Å². The lowest BCUT2D eigenvalue weighted by atomic mass is 9.97. The number of thiazole rings is 2. The number of carbonyl (C=O) groups is 4. The Morgan fingerprint density at radius 2 is 0.664 bits per heavy atom. The van der Waals surface area contributed by atoms with Crippen LogP contribution >= 0.6 is 22.7 Å². The van der Waals surface area contributed by atoms with Gasteiger partial charge in [-0.2, -0.15) is 5.10 Å². The van der Waals surface area contributed by atoms with Crippen LogP contribution in [0.25, 0.3) is 90.6 Å². The molecule has 0 saturated carbocycles. The molecule has 16 aromatic rings. The molecular weight excluding hydrogens is 1670 g/mol. The zero-order valence-corrected chi connectivity index (χ0v) is 77.7. The molecule has 23 nitrogen and oxygen atoms in total. The molecule has 12 heterocycles. The largest absolute Gasteiger partial charge is 0.292 e. The van der Waals surface area contributed by atoms with Gasteiger partial charge in [-0.25, -0.2) is 54.5 Å². The molecule has 0 unspecified atom stereocenters. The minimum Gasteiger partial charge on any atom is -0.292 e. The van der Waals surface area contributed by atoms with E-state index in [1.54, 1.807) is 65.5 Å². The summed E-state index contributed by atoms with van der Waals surface area (Å²) in [6, 6.07) is 68.2. The Hall–Kier alpha value is -14.4. The summed E-state index contributed by atoms with van der Waals surface area (Å²) in [5.74, 6) is 7.18. The number of carbonyl (C=O) groups excluding carboxylic acids is 4. The van der Waals surface area contributed by atoms with Crippen LogP contribution in [0.5, 0.6) is 0 Å². The second-order valence-electron chi connectivity index (χ2n) is 34.9. The number of rotatable bonds is 21. The molecule has 658 valence electrons. The van der Waals surface area contributed by atoms with Gasteiger partial charge in [-0.3, -0.25) is 43.5 Å². The highest BCUT2D eigenvalue weighted by Gasteiger charge is 2.35. The molecule has 0 N–H and O–H groups in total. The van der Waals surface area contributed by atoms with Crippen molar-refractivity contribution in [2.45, 2.75) is 172 Å². The van der Waals surface area contributed by atoms with Gasteiger partial charge in [-0.05, 0) is 114 Å². The third-order valence-corrected chi connectivity index (χ3v) is 25.7. The van der Waals surface area contributed by atoms with Crippen LogP contribution < -0.4 is 19.6 Å². The molecule has 131 heavy (non-hydrogen) atoms. The predicted molar refractivity (Wildman–Crippen MR) is 520 cm³/mol. The fraction of sp³-hybridized carbons (Fsp3) is 0.255. The molecular formula is C106H103N19O4S2. The van der Waals surface area contributed by atoms with E-state index in [0.29, 0.717) is 105 Å². The van der Waals surface area contributed by atoms with Crippen molar-refractivity contribution in [3.63, 3.8) is 0 Å². The number of nitrogens with zero attached hydrogens (tertiary/aromatic N) is 19. The van der Waals surface area contributed by atoms with Crippen molar-refractivity contribution < 1.29 is 19.2 Å². The highest BCUT2D eigenvalue weighted by molar-refractivity contribution is 7.12. The molecule has 25 heteroatoms. The topological polar surface area (TPSA) is 259 Å². The van der Waals surface area contributed by atoms with E-state index in [-0.39, 0.29) is 29.7 Å². The molecule has 0 spiro atoms. The second-order valence-corrected chi connectivity index (χ2v) is 37.4. The van der Waals surface area contributed by atoms with E-state index in [4.69, 9.17) is 19.9 Å². The van der Waals surface area contributed by atoms with Crippen LogP contribution in [0.1, 0.15) is 180 Å². The first kappa shape index (κ1) is 88.6. The van der Waals surface area contributed by atoms with E-state index in [0.717, 1.165) is 134 Å². The van der Waals surface area contributed by atoms with E-state index < -0.39 is 0 Å². The Labute approximate surface area is 771 Å². The maximum atomic E-state index is 12.9. The Morgan fingerprint density at radius 1 is 0.344 bits per heavy atom. The lowest BCUT2D eigenvalue weighted by Gasteiger charge is -2.18. The molecule has 0 bridgehead atoms. The monoisotopic (exact) mass is 1770 g/mol. The highest BCUT2D eigenvalue weighted by atomic mass is 32.1. The van der Waals surface area contributed by atoms with E-state index in [1.807, 2.05) is 128 Å². The molecule has 4 aliphatic rings. The number of benzene rings is 8. The molecule has 0 radical (unpaired) electrons. The fourth-order valence-electron chi connectivity index (χ4n) is 17.2. The van der Waals surface area contributed by atoms with Gasteiger partial charge in [0.15, 0.2) is 23.3 Å². The van der Waals surface area contributed by atoms with Gasteiger partial charge >= 0.3 is 0 Å². The second kappa shape index (κ2) is 38.5. The molecule has 4 aliphatic heterocycles. The summed E-state index contributed by atoms with van der Waals surface area (Å²) < 4.78 is 3.76. The molecule has 20 rings (SSSR count). The van der Waals surface area contributed by atoms with Gasteiger partial charge in [-0.1, -0.05) is 255 Å². The maximum Gasteiger partial charge on any atom is 0.233 e. The van der Waals surface area contributed by atoms with Gasteiger partial charge < -0.3 is 0 Å². The van der Waals surface area contributed by atoms with Gasteiger partial charge in [0.05, 0.1) is 91.4 Å². The van der Waals surface area contributed by atoms with Crippen molar-refractivity contribution in [2.75, 3.05) is 19.6 Å². The Bertz CT molecular complexity index is 6710. The third kappa shape index (κ3) is 19.1. The number of aryl methyl sites for hydroxylation is 4. The number of anilines is 4. The molecule has 4 amide bonds. The van der Waals surface area contributed by atoms with Crippen molar-refractivity contribution in [1.29, 1.82) is 0 Å². The number of hydrogen-bond acceptors (Lipinski definition) is 19. The maximum absolute atomic E-state index is 12.9. The van der Waals surface area contributed by atoms with E-state index in [1.165, 1.54) is 32.0 Å². The summed E-state index contributed by atoms with van der Waals surface area (Å²) in [7, 11) is 1.87. The third-order valence-electron chi connectivity index (χ3n) is 24.1. The average molecular weight is 1770 g/mol. The molecule has 8 aromatic carbocycles. The SMILES string of the molecule is CC(C)c1ccccc1-c1ncc2c(n1)N(Cc1ccc(-c3ccnn3C(C)C)cc1)C(=O)C2.CC(C)c1ccccc1-c1ncc2c(n1)N(Cc1ccc(-c3cnnn3C)cc1)C(=O)C2.Cc1nc(-c2ccc(CN3C(=O)Cc4cnc(-c5ccccc5C(C)C)nc43)cc2)c(C)s1.Cc1scnc1-c1ccc(CN2C(=O)Cc3cnc(-c4ccccc4C(C)C)nc32)cc1. The van der Waals surface area contributed by atoms with Crippen LogP contribution in [-0.4, -0.2) is 98.2 Å². The first-order valence-electron chi connectivity index (χ1n) is 44.5. The Morgan fingerprint density at radius 3 is 0.954 bits per heavy atom.